The quantitative estimate of drug-likeness (QED) is 0.617. The number of methoxy groups -OCH3 is 1. The van der Waals surface area contributed by atoms with Gasteiger partial charge in [-0.2, -0.15) is 5.10 Å². The SMILES string of the molecule is COc1ccc(Cl)cc1NC(=O)[C@H](C)OC(=O)c1ccc(-n2nccc2C)cc1. The third kappa shape index (κ3) is 4.75. The van der Waals surface area contributed by atoms with Crippen LogP contribution in [0.2, 0.25) is 5.02 Å². The number of carbonyl (C=O) groups is 2. The molecule has 29 heavy (non-hydrogen) atoms. The molecule has 1 aromatic heterocycles. The number of aromatic nitrogens is 2. The molecule has 7 nitrogen and oxygen atoms in total. The van der Waals surface area contributed by atoms with Crippen molar-refractivity contribution < 1.29 is 19.1 Å². The van der Waals surface area contributed by atoms with Crippen LogP contribution in [0.15, 0.2) is 54.7 Å². The molecule has 0 fully saturated rings. The fourth-order valence-electron chi connectivity index (χ4n) is 2.67. The lowest BCUT2D eigenvalue weighted by molar-refractivity contribution is -0.123. The third-order valence-electron chi connectivity index (χ3n) is 4.25. The first-order chi connectivity index (χ1) is 13.9. The van der Waals surface area contributed by atoms with E-state index in [1.807, 2.05) is 13.0 Å². The number of nitrogens with zero attached hydrogens (tertiary/aromatic N) is 2. The summed E-state index contributed by atoms with van der Waals surface area (Å²) >= 11 is 5.96. The summed E-state index contributed by atoms with van der Waals surface area (Å²) in [5, 5.41) is 7.32. The van der Waals surface area contributed by atoms with E-state index in [1.165, 1.54) is 14.0 Å². The van der Waals surface area contributed by atoms with Gasteiger partial charge in [-0.1, -0.05) is 11.6 Å². The highest BCUT2D eigenvalue weighted by Crippen LogP contribution is 2.27. The Bertz CT molecular complexity index is 1030. The molecule has 1 heterocycles. The van der Waals surface area contributed by atoms with Gasteiger partial charge in [0.1, 0.15) is 5.75 Å². The zero-order chi connectivity index (χ0) is 21.0. The minimum absolute atomic E-state index is 0.332. The molecule has 1 atom stereocenters. The van der Waals surface area contributed by atoms with Crippen molar-refractivity contribution in [1.82, 2.24) is 9.78 Å². The van der Waals surface area contributed by atoms with Gasteiger partial charge < -0.3 is 14.8 Å². The molecule has 0 spiro atoms. The molecule has 0 aliphatic heterocycles. The fourth-order valence-corrected chi connectivity index (χ4v) is 2.85. The Morgan fingerprint density at radius 2 is 1.86 bits per heavy atom. The largest absolute Gasteiger partial charge is 0.495 e. The van der Waals surface area contributed by atoms with Gasteiger partial charge in [0.15, 0.2) is 6.10 Å². The summed E-state index contributed by atoms with van der Waals surface area (Å²) in [7, 11) is 1.48. The van der Waals surface area contributed by atoms with E-state index in [0.29, 0.717) is 22.0 Å². The number of amides is 1. The first-order valence-electron chi connectivity index (χ1n) is 8.85. The van der Waals surface area contributed by atoms with Crippen molar-refractivity contribution in [2.45, 2.75) is 20.0 Å². The topological polar surface area (TPSA) is 82.5 Å². The number of carbonyl (C=O) groups excluding carboxylic acids is 2. The maximum Gasteiger partial charge on any atom is 0.338 e. The lowest BCUT2D eigenvalue weighted by atomic mass is 10.2. The molecule has 3 rings (SSSR count). The van der Waals surface area contributed by atoms with Crippen LogP contribution in [0.1, 0.15) is 23.0 Å². The standard InChI is InChI=1S/C21H20ClN3O4/c1-13-10-11-23-25(13)17-7-4-15(5-8-17)21(27)29-14(2)20(26)24-18-12-16(22)6-9-19(18)28-3/h4-12,14H,1-3H3,(H,24,26)/t14-/m0/s1. The molecule has 0 saturated carbocycles. The molecule has 3 aromatic rings. The zero-order valence-electron chi connectivity index (χ0n) is 16.2. The summed E-state index contributed by atoms with van der Waals surface area (Å²) in [4.78, 5) is 24.8. The average molecular weight is 414 g/mol. The van der Waals surface area contributed by atoms with Crippen molar-refractivity contribution in [2.75, 3.05) is 12.4 Å². The molecular weight excluding hydrogens is 394 g/mol. The van der Waals surface area contributed by atoms with Gasteiger partial charge in [0.25, 0.3) is 5.91 Å². The van der Waals surface area contributed by atoms with E-state index in [1.54, 1.807) is 53.3 Å². The fraction of sp³-hybridized carbons (Fsp3) is 0.190. The second-order valence-electron chi connectivity index (χ2n) is 6.31. The first kappa shape index (κ1) is 20.4. The van der Waals surface area contributed by atoms with Crippen LogP contribution < -0.4 is 10.1 Å². The Morgan fingerprint density at radius 1 is 1.14 bits per heavy atom. The Labute approximate surface area is 173 Å². The lowest BCUT2D eigenvalue weighted by Crippen LogP contribution is -2.30. The molecule has 0 unspecified atom stereocenters. The van der Waals surface area contributed by atoms with E-state index in [-0.39, 0.29) is 0 Å². The average Bonchev–Trinajstić information content (AvgIpc) is 3.14. The van der Waals surface area contributed by atoms with E-state index in [2.05, 4.69) is 10.4 Å². The van der Waals surface area contributed by atoms with Gasteiger partial charge in [-0.3, -0.25) is 4.79 Å². The van der Waals surface area contributed by atoms with Gasteiger partial charge in [-0.25, -0.2) is 9.48 Å². The summed E-state index contributed by atoms with van der Waals surface area (Å²) in [6, 6.07) is 13.5. The van der Waals surface area contributed by atoms with Gasteiger partial charge >= 0.3 is 5.97 Å². The number of hydrogen-bond acceptors (Lipinski definition) is 5. The molecule has 0 saturated heterocycles. The van der Waals surface area contributed by atoms with Crippen LogP contribution in [0.25, 0.3) is 5.69 Å². The van der Waals surface area contributed by atoms with Crippen molar-refractivity contribution in [3.05, 3.63) is 71.0 Å². The maximum atomic E-state index is 12.4. The van der Waals surface area contributed by atoms with Crippen molar-refractivity contribution in [2.24, 2.45) is 0 Å². The van der Waals surface area contributed by atoms with Crippen LogP contribution in [0.3, 0.4) is 0 Å². The molecule has 2 aromatic carbocycles. The first-order valence-corrected chi connectivity index (χ1v) is 9.23. The lowest BCUT2D eigenvalue weighted by Gasteiger charge is -2.15. The number of benzene rings is 2. The van der Waals surface area contributed by atoms with Crippen molar-refractivity contribution in [3.8, 4) is 11.4 Å². The summed E-state index contributed by atoms with van der Waals surface area (Å²) in [5.74, 6) is -0.650. The van der Waals surface area contributed by atoms with E-state index in [9.17, 15) is 9.59 Å². The highest BCUT2D eigenvalue weighted by atomic mass is 35.5. The molecule has 0 aliphatic carbocycles. The summed E-state index contributed by atoms with van der Waals surface area (Å²) in [6.45, 7) is 3.43. The molecular formula is C21H20ClN3O4. The number of esters is 1. The minimum atomic E-state index is -1.01. The predicted molar refractivity (Wildman–Crippen MR) is 110 cm³/mol. The van der Waals surface area contributed by atoms with Crippen molar-refractivity contribution >= 4 is 29.2 Å². The van der Waals surface area contributed by atoms with Gasteiger partial charge in [0.05, 0.1) is 24.0 Å². The van der Waals surface area contributed by atoms with Crippen molar-refractivity contribution in [1.29, 1.82) is 0 Å². The smallest absolute Gasteiger partial charge is 0.338 e. The monoisotopic (exact) mass is 413 g/mol. The number of ether oxygens (including phenoxy) is 2. The molecule has 8 heteroatoms. The molecule has 150 valence electrons. The Balaban J connectivity index is 1.65. The maximum absolute atomic E-state index is 12.4. The summed E-state index contributed by atoms with van der Waals surface area (Å²) in [6.07, 6.45) is 0.686. The number of nitrogens with one attached hydrogen (secondary N) is 1. The molecule has 0 bridgehead atoms. The number of halogens is 1. The van der Waals surface area contributed by atoms with Crippen LogP contribution in [0.4, 0.5) is 5.69 Å². The van der Waals surface area contributed by atoms with Crippen LogP contribution in [0.5, 0.6) is 5.75 Å². The van der Waals surface area contributed by atoms with Crippen molar-refractivity contribution in [3.63, 3.8) is 0 Å². The predicted octanol–water partition coefficient (Wildman–Crippen LogP) is 4.03. The Kier molecular flexibility index (Phi) is 6.19. The molecule has 0 radical (unpaired) electrons. The van der Waals surface area contributed by atoms with E-state index in [4.69, 9.17) is 21.1 Å². The molecule has 1 amide bonds. The Hall–Kier alpha value is -3.32. The molecule has 0 aliphatic rings. The number of anilines is 1. The summed E-state index contributed by atoms with van der Waals surface area (Å²) in [5.41, 5.74) is 2.52. The highest BCUT2D eigenvalue weighted by molar-refractivity contribution is 6.31. The van der Waals surface area contributed by atoms with Crippen LogP contribution in [-0.2, 0) is 9.53 Å². The van der Waals surface area contributed by atoms with Gasteiger partial charge in [-0.15, -0.1) is 0 Å². The van der Waals surface area contributed by atoms with E-state index < -0.39 is 18.0 Å². The van der Waals surface area contributed by atoms with Crippen LogP contribution in [0, 0.1) is 6.92 Å². The van der Waals surface area contributed by atoms with E-state index in [0.717, 1.165) is 11.4 Å². The van der Waals surface area contributed by atoms with Gasteiger partial charge in [0, 0.05) is 16.9 Å². The zero-order valence-corrected chi connectivity index (χ0v) is 16.9. The summed E-state index contributed by atoms with van der Waals surface area (Å²) < 4.78 is 12.2. The van der Waals surface area contributed by atoms with Gasteiger partial charge in [0.2, 0.25) is 0 Å². The van der Waals surface area contributed by atoms with Crippen LogP contribution in [-0.4, -0.2) is 34.9 Å². The Morgan fingerprint density at radius 3 is 2.48 bits per heavy atom. The number of aryl methyl sites for hydroxylation is 1. The minimum Gasteiger partial charge on any atom is -0.495 e. The van der Waals surface area contributed by atoms with Gasteiger partial charge in [-0.05, 0) is 62.4 Å². The second-order valence-corrected chi connectivity index (χ2v) is 6.75. The second kappa shape index (κ2) is 8.79. The number of rotatable bonds is 6. The highest BCUT2D eigenvalue weighted by Gasteiger charge is 2.20. The third-order valence-corrected chi connectivity index (χ3v) is 4.49. The number of hydrogen-bond donors (Lipinski definition) is 1. The normalized spacial score (nSPS) is 11.6. The van der Waals surface area contributed by atoms with E-state index >= 15 is 0 Å². The van der Waals surface area contributed by atoms with Crippen LogP contribution >= 0.6 is 11.6 Å². The molecule has 1 N–H and O–H groups in total.